The van der Waals surface area contributed by atoms with Crippen molar-refractivity contribution in [3.63, 3.8) is 0 Å². The number of benzene rings is 2. The van der Waals surface area contributed by atoms with Crippen molar-refractivity contribution in [1.29, 1.82) is 0 Å². The molecule has 28 heavy (non-hydrogen) atoms. The van der Waals surface area contributed by atoms with Crippen molar-refractivity contribution in [3.8, 4) is 0 Å². The number of nitrogens with one attached hydrogen (secondary N) is 2. The highest BCUT2D eigenvalue weighted by molar-refractivity contribution is 5.96. The Hall–Kier alpha value is -2.62. The van der Waals surface area contributed by atoms with E-state index >= 15 is 0 Å². The summed E-state index contributed by atoms with van der Waals surface area (Å²) in [5, 5.41) is 0. The Morgan fingerprint density at radius 1 is 0.857 bits per heavy atom. The molecule has 0 aromatic heterocycles. The number of hydrazine groups is 1. The van der Waals surface area contributed by atoms with Crippen molar-refractivity contribution >= 4 is 11.8 Å². The van der Waals surface area contributed by atoms with E-state index in [0.29, 0.717) is 11.5 Å². The minimum Gasteiger partial charge on any atom is -0.273 e. The molecule has 4 heteroatoms. The lowest BCUT2D eigenvalue weighted by atomic mass is 9.87. The highest BCUT2D eigenvalue weighted by atomic mass is 16.2. The lowest BCUT2D eigenvalue weighted by Gasteiger charge is -2.19. The molecule has 0 aliphatic rings. The molecule has 2 amide bonds. The minimum absolute atomic E-state index is 0.0311. The molecule has 0 aliphatic carbocycles. The van der Waals surface area contributed by atoms with E-state index < -0.39 is 0 Å². The van der Waals surface area contributed by atoms with Gasteiger partial charge in [0.05, 0.1) is 5.92 Å². The Balaban J connectivity index is 1.92. The van der Waals surface area contributed by atoms with E-state index in [-0.39, 0.29) is 23.1 Å². The molecule has 2 N–H and O–H groups in total. The maximum absolute atomic E-state index is 12.4. The van der Waals surface area contributed by atoms with Crippen LogP contribution < -0.4 is 10.9 Å². The first-order valence-corrected chi connectivity index (χ1v) is 9.87. The number of rotatable bonds is 5. The van der Waals surface area contributed by atoms with Crippen LogP contribution in [0.25, 0.3) is 0 Å². The van der Waals surface area contributed by atoms with E-state index in [2.05, 4.69) is 57.6 Å². The minimum atomic E-state index is -0.350. The van der Waals surface area contributed by atoms with E-state index in [4.69, 9.17) is 0 Å². The van der Waals surface area contributed by atoms with Gasteiger partial charge in [-0.2, -0.15) is 0 Å². The first kappa shape index (κ1) is 21.7. The van der Waals surface area contributed by atoms with E-state index in [0.717, 1.165) is 17.5 Å². The monoisotopic (exact) mass is 380 g/mol. The Labute approximate surface area is 168 Å². The van der Waals surface area contributed by atoms with Crippen molar-refractivity contribution in [3.05, 3.63) is 70.8 Å². The molecule has 1 unspecified atom stereocenters. The van der Waals surface area contributed by atoms with Crippen LogP contribution in [0.15, 0.2) is 48.5 Å². The van der Waals surface area contributed by atoms with Crippen LogP contribution in [0.2, 0.25) is 0 Å². The molecule has 0 fully saturated rings. The molecule has 150 valence electrons. The lowest BCUT2D eigenvalue weighted by molar-refractivity contribution is -0.123. The molecular weight excluding hydrogens is 348 g/mol. The van der Waals surface area contributed by atoms with Crippen molar-refractivity contribution < 1.29 is 9.59 Å². The summed E-state index contributed by atoms with van der Waals surface area (Å²) in [6, 6.07) is 15.5. The van der Waals surface area contributed by atoms with Crippen LogP contribution in [0.5, 0.6) is 0 Å². The van der Waals surface area contributed by atoms with Gasteiger partial charge in [0.25, 0.3) is 5.91 Å². The molecule has 0 bridgehead atoms. The van der Waals surface area contributed by atoms with Crippen LogP contribution in [0.3, 0.4) is 0 Å². The Morgan fingerprint density at radius 2 is 1.43 bits per heavy atom. The molecule has 1 atom stereocenters. The van der Waals surface area contributed by atoms with E-state index in [1.165, 1.54) is 5.56 Å². The number of carbonyl (C=O) groups excluding carboxylic acids is 2. The molecule has 0 radical (unpaired) electrons. The van der Waals surface area contributed by atoms with Gasteiger partial charge in [0.1, 0.15) is 0 Å². The van der Waals surface area contributed by atoms with Gasteiger partial charge in [0, 0.05) is 5.56 Å². The zero-order valence-electron chi connectivity index (χ0n) is 17.8. The summed E-state index contributed by atoms with van der Waals surface area (Å²) < 4.78 is 0. The fourth-order valence-corrected chi connectivity index (χ4v) is 2.99. The second-order valence-corrected chi connectivity index (χ2v) is 8.83. The highest BCUT2D eigenvalue weighted by Gasteiger charge is 2.17. The summed E-state index contributed by atoms with van der Waals surface area (Å²) >= 11 is 0. The summed E-state index contributed by atoms with van der Waals surface area (Å²) in [4.78, 5) is 24.7. The zero-order chi connectivity index (χ0) is 20.9. The van der Waals surface area contributed by atoms with Crippen LogP contribution in [-0.2, 0) is 16.6 Å². The van der Waals surface area contributed by atoms with Gasteiger partial charge >= 0.3 is 0 Å². The van der Waals surface area contributed by atoms with Gasteiger partial charge in [-0.25, -0.2) is 0 Å². The Morgan fingerprint density at radius 3 is 1.93 bits per heavy atom. The normalized spacial score (nSPS) is 12.5. The fourth-order valence-electron chi connectivity index (χ4n) is 2.99. The topological polar surface area (TPSA) is 58.2 Å². The number of hydrogen-bond donors (Lipinski definition) is 2. The second kappa shape index (κ2) is 9.05. The Kier molecular flexibility index (Phi) is 7.00. The smallest absolute Gasteiger partial charge is 0.269 e. The molecular formula is C24H32N2O2. The third-order valence-electron chi connectivity index (χ3n) is 4.83. The summed E-state index contributed by atoms with van der Waals surface area (Å²) in [7, 11) is 0. The second-order valence-electron chi connectivity index (χ2n) is 8.83. The number of amides is 2. The van der Waals surface area contributed by atoms with Gasteiger partial charge in [0.2, 0.25) is 5.91 Å². The quantitative estimate of drug-likeness (QED) is 0.736. The predicted octanol–water partition coefficient (Wildman–Crippen LogP) is 4.75. The van der Waals surface area contributed by atoms with Gasteiger partial charge in [-0.15, -0.1) is 0 Å². The summed E-state index contributed by atoms with van der Waals surface area (Å²) in [6.45, 7) is 12.6. The number of hydrogen-bond acceptors (Lipinski definition) is 2. The van der Waals surface area contributed by atoms with E-state index in [1.807, 2.05) is 31.2 Å². The van der Waals surface area contributed by atoms with Gasteiger partial charge in [0.15, 0.2) is 0 Å². The van der Waals surface area contributed by atoms with Crippen LogP contribution in [0.4, 0.5) is 0 Å². The van der Waals surface area contributed by atoms with Gasteiger partial charge in [-0.1, -0.05) is 71.0 Å². The third kappa shape index (κ3) is 5.95. The van der Waals surface area contributed by atoms with Gasteiger partial charge < -0.3 is 0 Å². The van der Waals surface area contributed by atoms with Crippen LogP contribution in [0.1, 0.15) is 74.5 Å². The maximum atomic E-state index is 12.4. The predicted molar refractivity (Wildman–Crippen MR) is 114 cm³/mol. The lowest BCUT2D eigenvalue weighted by Crippen LogP contribution is -2.43. The SMILES string of the molecule is CC(C)Cc1ccc(C(C)C(=O)NNC(=O)c2ccc(C(C)(C)C)cc2)cc1. The molecule has 0 saturated carbocycles. The maximum Gasteiger partial charge on any atom is 0.269 e. The van der Waals surface area contributed by atoms with Crippen molar-refractivity contribution in [2.24, 2.45) is 5.92 Å². The van der Waals surface area contributed by atoms with Crippen LogP contribution in [0, 0.1) is 5.92 Å². The summed E-state index contributed by atoms with van der Waals surface area (Å²) in [5.74, 6) is -0.319. The van der Waals surface area contributed by atoms with Crippen LogP contribution in [-0.4, -0.2) is 11.8 Å². The average molecular weight is 381 g/mol. The highest BCUT2D eigenvalue weighted by Crippen LogP contribution is 2.22. The molecule has 0 saturated heterocycles. The largest absolute Gasteiger partial charge is 0.273 e. The summed E-state index contributed by atoms with van der Waals surface area (Å²) in [5.41, 5.74) is 8.93. The van der Waals surface area contributed by atoms with Gasteiger partial charge in [-0.05, 0) is 53.5 Å². The molecule has 0 spiro atoms. The van der Waals surface area contributed by atoms with E-state index in [9.17, 15) is 9.59 Å². The fraction of sp³-hybridized carbons (Fsp3) is 0.417. The standard InChI is InChI=1S/C24H32N2O2/c1-16(2)15-18-7-9-19(10-8-18)17(3)22(27)25-26-23(28)20-11-13-21(14-12-20)24(4,5)6/h7-14,16-17H,15H2,1-6H3,(H,25,27)(H,26,28). The molecule has 2 rings (SSSR count). The number of carbonyl (C=O) groups is 2. The van der Waals surface area contributed by atoms with Crippen molar-refractivity contribution in [1.82, 2.24) is 10.9 Å². The Bertz CT molecular complexity index is 800. The van der Waals surface area contributed by atoms with Crippen molar-refractivity contribution in [2.45, 2.75) is 59.3 Å². The van der Waals surface area contributed by atoms with Gasteiger partial charge in [-0.3, -0.25) is 20.4 Å². The molecule has 0 heterocycles. The molecule has 0 aliphatic heterocycles. The molecule has 2 aromatic rings. The van der Waals surface area contributed by atoms with Crippen molar-refractivity contribution in [2.75, 3.05) is 0 Å². The average Bonchev–Trinajstić information content (AvgIpc) is 2.64. The first-order chi connectivity index (χ1) is 13.1. The first-order valence-electron chi connectivity index (χ1n) is 9.87. The summed E-state index contributed by atoms with van der Waals surface area (Å²) in [6.07, 6.45) is 1.02. The molecule has 4 nitrogen and oxygen atoms in total. The van der Waals surface area contributed by atoms with Crippen LogP contribution >= 0.6 is 0 Å². The van der Waals surface area contributed by atoms with E-state index in [1.54, 1.807) is 12.1 Å². The zero-order valence-corrected chi connectivity index (χ0v) is 17.8. The third-order valence-corrected chi connectivity index (χ3v) is 4.83. The molecule has 2 aromatic carbocycles.